The molecule has 0 saturated carbocycles. The van der Waals surface area contributed by atoms with Crippen LogP contribution in [0.3, 0.4) is 0 Å². The fourth-order valence-electron chi connectivity index (χ4n) is 4.19. The highest BCUT2D eigenvalue weighted by Crippen LogP contribution is 2.34. The molecular weight excluding hydrogens is 407 g/mol. The Balaban J connectivity index is 1.56. The second kappa shape index (κ2) is 9.80. The van der Waals surface area contributed by atoms with Gasteiger partial charge in [0.05, 0.1) is 13.0 Å². The third-order valence-corrected chi connectivity index (χ3v) is 6.10. The minimum atomic E-state index is -1.72. The van der Waals surface area contributed by atoms with Crippen molar-refractivity contribution in [1.29, 1.82) is 0 Å². The van der Waals surface area contributed by atoms with Crippen molar-refractivity contribution in [2.45, 2.75) is 54.6 Å². The van der Waals surface area contributed by atoms with E-state index in [1.807, 2.05) is 30.3 Å². The van der Waals surface area contributed by atoms with E-state index in [0.29, 0.717) is 18.6 Å². The lowest BCUT2D eigenvalue weighted by atomic mass is 9.84. The summed E-state index contributed by atoms with van der Waals surface area (Å²) in [6.07, 6.45) is 5.29. The number of piperidine rings is 2. The summed E-state index contributed by atoms with van der Waals surface area (Å²) >= 11 is 18.2. The molecule has 2 saturated heterocycles. The van der Waals surface area contributed by atoms with Crippen LogP contribution in [-0.4, -0.2) is 46.6 Å². The number of halogens is 3. The number of carbonyl (C=O) groups excluding carboxylic acids is 1. The first-order chi connectivity index (χ1) is 12.9. The van der Waals surface area contributed by atoms with Crippen molar-refractivity contribution < 1.29 is 9.53 Å². The molecular formula is C20H27Cl3N2O2. The van der Waals surface area contributed by atoms with Gasteiger partial charge in [0.15, 0.2) is 6.23 Å². The van der Waals surface area contributed by atoms with E-state index < -0.39 is 10.0 Å². The largest absolute Gasteiger partial charge is 0.354 e. The van der Waals surface area contributed by atoms with Gasteiger partial charge in [0.25, 0.3) is 0 Å². The van der Waals surface area contributed by atoms with Crippen LogP contribution in [0.25, 0.3) is 0 Å². The molecule has 1 amide bonds. The number of rotatable bonds is 6. The number of ether oxygens (including phenoxy) is 1. The third kappa shape index (κ3) is 6.23. The lowest BCUT2D eigenvalue weighted by Gasteiger charge is -2.44. The summed E-state index contributed by atoms with van der Waals surface area (Å²) in [5, 5.41) is 2.75. The molecule has 4 nitrogen and oxygen atoms in total. The summed E-state index contributed by atoms with van der Waals surface area (Å²) in [7, 11) is 0. The minimum absolute atomic E-state index is 0.222. The third-order valence-electron chi connectivity index (χ3n) is 5.50. The molecule has 1 aromatic rings. The number of hydrogen-bond donors (Lipinski definition) is 1. The molecule has 3 atom stereocenters. The molecule has 0 bridgehead atoms. The highest BCUT2D eigenvalue weighted by Gasteiger charge is 2.38. The number of benzene rings is 1. The van der Waals surface area contributed by atoms with Crippen LogP contribution in [0.2, 0.25) is 0 Å². The topological polar surface area (TPSA) is 41.6 Å². The lowest BCUT2D eigenvalue weighted by Crippen LogP contribution is -2.51. The van der Waals surface area contributed by atoms with Gasteiger partial charge in [0, 0.05) is 6.04 Å². The number of nitrogens with one attached hydrogen (secondary N) is 1. The first-order valence-corrected chi connectivity index (χ1v) is 10.8. The maximum atomic E-state index is 12.4. The predicted molar refractivity (Wildman–Crippen MR) is 110 cm³/mol. The maximum absolute atomic E-state index is 12.4. The van der Waals surface area contributed by atoms with Gasteiger partial charge in [-0.15, -0.1) is 0 Å². The number of alkyl halides is 3. The molecule has 3 rings (SSSR count). The van der Waals surface area contributed by atoms with E-state index in [-0.39, 0.29) is 12.3 Å². The highest BCUT2D eigenvalue weighted by molar-refractivity contribution is 6.68. The maximum Gasteiger partial charge on any atom is 0.234 e. The van der Waals surface area contributed by atoms with Crippen LogP contribution in [0.4, 0.5) is 0 Å². The van der Waals surface area contributed by atoms with E-state index in [9.17, 15) is 4.79 Å². The molecule has 0 aliphatic carbocycles. The summed E-state index contributed by atoms with van der Waals surface area (Å²) in [5.41, 5.74) is 0.906. The molecule has 2 heterocycles. The van der Waals surface area contributed by atoms with E-state index in [4.69, 9.17) is 39.5 Å². The second-order valence-electron chi connectivity index (χ2n) is 7.49. The number of amides is 1. The van der Waals surface area contributed by atoms with Gasteiger partial charge in [-0.05, 0) is 50.3 Å². The van der Waals surface area contributed by atoms with Crippen molar-refractivity contribution in [2.75, 3.05) is 19.7 Å². The van der Waals surface area contributed by atoms with Crippen molar-refractivity contribution in [3.63, 3.8) is 0 Å². The van der Waals surface area contributed by atoms with E-state index >= 15 is 0 Å². The molecule has 0 radical (unpaired) electrons. The first kappa shape index (κ1) is 21.2. The molecule has 27 heavy (non-hydrogen) atoms. The number of carbonyl (C=O) groups is 1. The SMILES string of the molecule is O=C(Cc1ccccc1)N[C@@H](OC[C@@H]1CCCN2CCCC[C@H]12)C(Cl)(Cl)Cl. The van der Waals surface area contributed by atoms with Crippen LogP contribution in [0.5, 0.6) is 0 Å². The molecule has 150 valence electrons. The van der Waals surface area contributed by atoms with Gasteiger partial charge in [0.1, 0.15) is 0 Å². The molecule has 2 aliphatic heterocycles. The van der Waals surface area contributed by atoms with Crippen molar-refractivity contribution in [3.8, 4) is 0 Å². The van der Waals surface area contributed by atoms with Crippen LogP contribution < -0.4 is 5.32 Å². The van der Waals surface area contributed by atoms with E-state index in [2.05, 4.69) is 10.2 Å². The van der Waals surface area contributed by atoms with Gasteiger partial charge < -0.3 is 15.0 Å². The smallest absolute Gasteiger partial charge is 0.234 e. The minimum Gasteiger partial charge on any atom is -0.354 e. The Kier molecular flexibility index (Phi) is 7.69. The number of fused-ring (bicyclic) bond motifs is 1. The molecule has 2 fully saturated rings. The zero-order valence-corrected chi connectivity index (χ0v) is 17.6. The van der Waals surface area contributed by atoms with Crippen LogP contribution in [0.15, 0.2) is 30.3 Å². The Morgan fingerprint density at radius 3 is 2.63 bits per heavy atom. The van der Waals surface area contributed by atoms with Gasteiger partial charge in [0.2, 0.25) is 9.70 Å². The summed E-state index contributed by atoms with van der Waals surface area (Å²) in [6, 6.07) is 10.0. The van der Waals surface area contributed by atoms with Crippen molar-refractivity contribution in [3.05, 3.63) is 35.9 Å². The summed E-state index contributed by atoms with van der Waals surface area (Å²) in [4.78, 5) is 14.9. The molecule has 0 spiro atoms. The van der Waals surface area contributed by atoms with E-state index in [1.165, 1.54) is 38.8 Å². The first-order valence-electron chi connectivity index (χ1n) is 9.69. The molecule has 7 heteroatoms. The fraction of sp³-hybridized carbons (Fsp3) is 0.650. The van der Waals surface area contributed by atoms with Gasteiger partial charge in [-0.2, -0.15) is 0 Å². The quantitative estimate of drug-likeness (QED) is 0.536. The van der Waals surface area contributed by atoms with Crippen molar-refractivity contribution in [1.82, 2.24) is 10.2 Å². The zero-order chi connectivity index (χ0) is 19.3. The number of nitrogens with zero attached hydrogens (tertiary/aromatic N) is 1. The molecule has 2 aliphatic rings. The Morgan fingerprint density at radius 2 is 1.89 bits per heavy atom. The number of hydrogen-bond acceptors (Lipinski definition) is 3. The van der Waals surface area contributed by atoms with E-state index in [1.54, 1.807) is 0 Å². The van der Waals surface area contributed by atoms with Crippen LogP contribution >= 0.6 is 34.8 Å². The van der Waals surface area contributed by atoms with Crippen LogP contribution in [0, 0.1) is 5.92 Å². The Labute approximate surface area is 176 Å². The van der Waals surface area contributed by atoms with Gasteiger partial charge in [-0.1, -0.05) is 71.6 Å². The van der Waals surface area contributed by atoms with Gasteiger partial charge in [-0.3, -0.25) is 4.79 Å². The monoisotopic (exact) mass is 432 g/mol. The summed E-state index contributed by atoms with van der Waals surface area (Å²) in [5.74, 6) is 0.195. The predicted octanol–water partition coefficient (Wildman–Crippen LogP) is 4.32. The normalized spacial score (nSPS) is 24.9. The Bertz CT molecular complexity index is 607. The van der Waals surface area contributed by atoms with Crippen molar-refractivity contribution in [2.24, 2.45) is 5.92 Å². The lowest BCUT2D eigenvalue weighted by molar-refractivity contribution is -0.125. The van der Waals surface area contributed by atoms with E-state index in [0.717, 1.165) is 12.0 Å². The standard InChI is InChI=1S/C20H27Cl3N2O2/c21-20(22,23)19(24-18(26)13-15-7-2-1-3-8-15)27-14-16-9-6-12-25-11-5-4-10-17(16)25/h1-3,7-8,16-17,19H,4-6,9-14H2,(H,24,26)/t16-,17+,19-/m0/s1. The van der Waals surface area contributed by atoms with Gasteiger partial charge in [-0.25, -0.2) is 0 Å². The molecule has 0 unspecified atom stereocenters. The average molecular weight is 434 g/mol. The molecule has 1 aromatic carbocycles. The average Bonchev–Trinajstić information content (AvgIpc) is 2.65. The summed E-state index contributed by atoms with van der Waals surface area (Å²) < 4.78 is 4.23. The van der Waals surface area contributed by atoms with Crippen LogP contribution in [0.1, 0.15) is 37.7 Å². The Hall–Kier alpha value is -0.520. The summed E-state index contributed by atoms with van der Waals surface area (Å²) in [6.45, 7) is 2.83. The Morgan fingerprint density at radius 1 is 1.15 bits per heavy atom. The molecule has 1 N–H and O–H groups in total. The van der Waals surface area contributed by atoms with Crippen molar-refractivity contribution >= 4 is 40.7 Å². The highest BCUT2D eigenvalue weighted by atomic mass is 35.6. The second-order valence-corrected chi connectivity index (χ2v) is 9.86. The molecule has 0 aromatic heterocycles. The zero-order valence-electron chi connectivity index (χ0n) is 15.4. The fourth-order valence-corrected chi connectivity index (χ4v) is 4.54. The van der Waals surface area contributed by atoms with Gasteiger partial charge >= 0.3 is 0 Å². The van der Waals surface area contributed by atoms with Crippen LogP contribution in [-0.2, 0) is 16.0 Å².